The molecule has 9 nitrogen and oxygen atoms in total. The van der Waals surface area contributed by atoms with Crippen LogP contribution in [0.4, 0.5) is 27.6 Å². The van der Waals surface area contributed by atoms with Gasteiger partial charge in [0.15, 0.2) is 0 Å². The number of rotatable bonds is 9. The number of halogens is 5. The Bertz CT molecular complexity index is 1710. The number of anilines is 1. The number of aliphatic carboxylic acids is 1. The number of hydrogen-bond acceptors (Lipinski definition) is 5. The first-order valence-corrected chi connectivity index (χ1v) is 12.7. The molecule has 3 aromatic heterocycles. The Morgan fingerprint density at radius 1 is 1.10 bits per heavy atom. The number of nitrogens with one attached hydrogen (secondary N) is 2. The van der Waals surface area contributed by atoms with Gasteiger partial charge in [-0.1, -0.05) is 6.92 Å². The number of aryl methyl sites for hydroxylation is 2. The average Bonchev–Trinajstić information content (AvgIpc) is 3.39. The minimum Gasteiger partial charge on any atom is -0.480 e. The van der Waals surface area contributed by atoms with Crippen LogP contribution in [0.25, 0.3) is 16.8 Å². The molecule has 4 aromatic rings. The normalized spacial score (nSPS) is 13.1. The van der Waals surface area contributed by atoms with Crippen molar-refractivity contribution in [1.29, 1.82) is 0 Å². The molecular weight excluding hydrogens is 565 g/mol. The number of imidazole rings is 1. The van der Waals surface area contributed by atoms with Gasteiger partial charge in [-0.25, -0.2) is 18.6 Å². The van der Waals surface area contributed by atoms with E-state index in [1.54, 1.807) is 38.4 Å². The Labute approximate surface area is 235 Å². The minimum absolute atomic E-state index is 0.266. The number of alkyl halides is 3. The molecule has 0 aliphatic rings. The zero-order chi connectivity index (χ0) is 30.9. The molecule has 0 saturated carbocycles. The topological polar surface area (TPSA) is 118 Å². The largest absolute Gasteiger partial charge is 0.480 e. The van der Waals surface area contributed by atoms with Crippen LogP contribution < -0.4 is 16.2 Å². The maximum absolute atomic E-state index is 14.7. The summed E-state index contributed by atoms with van der Waals surface area (Å²) in [4.78, 5) is 42.0. The van der Waals surface area contributed by atoms with Gasteiger partial charge in [0.2, 0.25) is 0 Å². The van der Waals surface area contributed by atoms with Gasteiger partial charge in [-0.15, -0.1) is 0 Å². The maximum Gasteiger partial charge on any atom is 0.408 e. The van der Waals surface area contributed by atoms with E-state index in [4.69, 9.17) is 0 Å². The summed E-state index contributed by atoms with van der Waals surface area (Å²) in [5, 5.41) is 13.9. The van der Waals surface area contributed by atoms with Gasteiger partial charge in [-0.3, -0.25) is 9.59 Å². The number of aromatic nitrogens is 3. The lowest BCUT2D eigenvalue weighted by Crippen LogP contribution is -2.43. The van der Waals surface area contributed by atoms with E-state index in [2.05, 4.69) is 10.3 Å². The molecule has 0 radical (unpaired) electrons. The molecule has 0 saturated heterocycles. The van der Waals surface area contributed by atoms with E-state index < -0.39 is 59.4 Å². The van der Waals surface area contributed by atoms with E-state index in [0.29, 0.717) is 40.2 Å². The molecule has 14 heteroatoms. The summed E-state index contributed by atoms with van der Waals surface area (Å²) in [6.07, 6.45) is -0.831. The second kappa shape index (κ2) is 11.6. The SMILES string of the molecule is CCC(Nc1cc(F)c(C(=O)NC(Cc2ccc(-c3c(C)ccn(C)c3=O)c3nccn23)C(=O)O)c(F)c1)C(F)(F)F. The van der Waals surface area contributed by atoms with Crippen LogP contribution >= 0.6 is 0 Å². The molecule has 0 aliphatic heterocycles. The standard InChI is InChI=1S/C28H26F5N5O4/c1-4-21(28(31,32)33)35-15-11-18(29)23(19(30)12-15)25(39)36-20(27(41)42)13-16-5-6-17(24-34-8-10-38(16)24)22-14(2)7-9-37(3)26(22)40/h5-12,20-21,35H,4,13H2,1-3H3,(H,36,39)(H,41,42). The van der Waals surface area contributed by atoms with Gasteiger partial charge in [0.05, 0.1) is 5.56 Å². The van der Waals surface area contributed by atoms with Crippen LogP contribution in [0.5, 0.6) is 0 Å². The number of benzene rings is 1. The van der Waals surface area contributed by atoms with Crippen molar-refractivity contribution in [3.8, 4) is 11.1 Å². The number of carboxylic acids is 1. The quantitative estimate of drug-likeness (QED) is 0.248. The summed E-state index contributed by atoms with van der Waals surface area (Å²) in [7, 11) is 1.60. The molecule has 3 N–H and O–H groups in total. The maximum atomic E-state index is 14.7. The van der Waals surface area contributed by atoms with E-state index in [1.165, 1.54) is 28.3 Å². The average molecular weight is 592 g/mol. The first kappa shape index (κ1) is 30.2. The third kappa shape index (κ3) is 5.97. The number of carbonyl (C=O) groups excluding carboxylic acids is 1. The van der Waals surface area contributed by atoms with Gasteiger partial charge >= 0.3 is 12.1 Å². The zero-order valence-electron chi connectivity index (χ0n) is 22.6. The lowest BCUT2D eigenvalue weighted by atomic mass is 10.0. The van der Waals surface area contributed by atoms with Crippen molar-refractivity contribution < 1.29 is 36.6 Å². The second-order valence-corrected chi connectivity index (χ2v) is 9.68. The first-order chi connectivity index (χ1) is 19.7. The van der Waals surface area contributed by atoms with E-state index in [-0.39, 0.29) is 12.0 Å². The van der Waals surface area contributed by atoms with Gasteiger partial charge in [0, 0.05) is 49.0 Å². The summed E-state index contributed by atoms with van der Waals surface area (Å²) in [5.74, 6) is -5.87. The van der Waals surface area contributed by atoms with Crippen LogP contribution in [0, 0.1) is 18.6 Å². The molecule has 1 aromatic carbocycles. The van der Waals surface area contributed by atoms with Crippen LogP contribution in [0.3, 0.4) is 0 Å². The molecule has 0 fully saturated rings. The lowest BCUT2D eigenvalue weighted by molar-refractivity contribution is -0.143. The van der Waals surface area contributed by atoms with Crippen molar-refractivity contribution in [3.63, 3.8) is 0 Å². The van der Waals surface area contributed by atoms with Crippen molar-refractivity contribution in [1.82, 2.24) is 19.3 Å². The van der Waals surface area contributed by atoms with Crippen molar-refractivity contribution in [2.45, 2.75) is 44.9 Å². The van der Waals surface area contributed by atoms with E-state index in [9.17, 15) is 41.4 Å². The Balaban J connectivity index is 1.61. The van der Waals surface area contributed by atoms with Crippen LogP contribution in [-0.4, -0.2) is 49.2 Å². The molecule has 4 rings (SSSR count). The van der Waals surface area contributed by atoms with E-state index in [1.807, 2.05) is 5.32 Å². The third-order valence-corrected chi connectivity index (χ3v) is 6.81. The van der Waals surface area contributed by atoms with Gasteiger partial charge in [-0.05, 0) is 49.2 Å². The fourth-order valence-electron chi connectivity index (χ4n) is 4.61. The summed E-state index contributed by atoms with van der Waals surface area (Å²) in [5.41, 5.74) is 0.332. The molecule has 3 heterocycles. The Morgan fingerprint density at radius 3 is 2.36 bits per heavy atom. The highest BCUT2D eigenvalue weighted by molar-refractivity contribution is 5.97. The van der Waals surface area contributed by atoms with Crippen LogP contribution in [0.15, 0.2) is 53.7 Å². The highest BCUT2D eigenvalue weighted by Crippen LogP contribution is 2.28. The summed E-state index contributed by atoms with van der Waals surface area (Å²) >= 11 is 0. The van der Waals surface area contributed by atoms with Gasteiger partial charge in [0.1, 0.15) is 34.9 Å². The predicted molar refractivity (Wildman–Crippen MR) is 143 cm³/mol. The number of nitrogens with zero attached hydrogens (tertiary/aromatic N) is 3. The molecule has 2 unspecified atom stereocenters. The lowest BCUT2D eigenvalue weighted by Gasteiger charge is -2.22. The highest BCUT2D eigenvalue weighted by atomic mass is 19.4. The third-order valence-electron chi connectivity index (χ3n) is 6.81. The van der Waals surface area contributed by atoms with Crippen molar-refractivity contribution in [2.24, 2.45) is 7.05 Å². The molecule has 2 atom stereocenters. The number of carboxylic acid groups (broad SMARTS) is 1. The first-order valence-electron chi connectivity index (χ1n) is 12.7. The second-order valence-electron chi connectivity index (χ2n) is 9.68. The number of fused-ring (bicyclic) bond motifs is 1. The Hall–Kier alpha value is -4.75. The molecule has 42 heavy (non-hydrogen) atoms. The Morgan fingerprint density at radius 2 is 1.76 bits per heavy atom. The van der Waals surface area contributed by atoms with Crippen molar-refractivity contribution in [2.75, 3.05) is 5.32 Å². The molecule has 1 amide bonds. The predicted octanol–water partition coefficient (Wildman–Crippen LogP) is 4.47. The van der Waals surface area contributed by atoms with Crippen LogP contribution in [0.2, 0.25) is 0 Å². The molecule has 0 spiro atoms. The van der Waals surface area contributed by atoms with Gasteiger partial charge in [0.25, 0.3) is 11.5 Å². The minimum atomic E-state index is -4.68. The zero-order valence-corrected chi connectivity index (χ0v) is 22.6. The molecular formula is C28H26F5N5O4. The summed E-state index contributed by atoms with van der Waals surface area (Å²) in [6, 6.07) is 2.23. The number of carbonyl (C=O) groups is 2. The van der Waals surface area contributed by atoms with Crippen molar-refractivity contribution >= 4 is 23.2 Å². The number of hydrogen-bond donors (Lipinski definition) is 3. The fraction of sp³-hybridized carbons (Fsp3) is 0.286. The molecule has 0 bridgehead atoms. The van der Waals surface area contributed by atoms with Gasteiger partial charge in [-0.2, -0.15) is 13.2 Å². The Kier molecular flexibility index (Phi) is 8.36. The van der Waals surface area contributed by atoms with Gasteiger partial charge < -0.3 is 24.7 Å². The smallest absolute Gasteiger partial charge is 0.408 e. The fourth-order valence-corrected chi connectivity index (χ4v) is 4.61. The summed E-state index contributed by atoms with van der Waals surface area (Å²) < 4.78 is 71.6. The monoisotopic (exact) mass is 591 g/mol. The van der Waals surface area contributed by atoms with Crippen LogP contribution in [-0.2, 0) is 18.3 Å². The highest BCUT2D eigenvalue weighted by Gasteiger charge is 2.38. The molecule has 0 aliphatic carbocycles. The molecule has 222 valence electrons. The van der Waals surface area contributed by atoms with Crippen molar-refractivity contribution in [3.05, 3.63) is 87.7 Å². The van der Waals surface area contributed by atoms with Crippen LogP contribution in [0.1, 0.15) is 35.0 Å². The van der Waals surface area contributed by atoms with E-state index in [0.717, 1.165) is 0 Å². The number of amides is 1. The van der Waals surface area contributed by atoms with E-state index >= 15 is 0 Å². The summed E-state index contributed by atoms with van der Waals surface area (Å²) in [6.45, 7) is 3.00. The number of pyridine rings is 2.